The van der Waals surface area contributed by atoms with Crippen LogP contribution in [0.4, 0.5) is 22.7 Å². The third kappa shape index (κ3) is 11.1. The van der Waals surface area contributed by atoms with E-state index in [0.717, 1.165) is 55.5 Å². The van der Waals surface area contributed by atoms with Gasteiger partial charge in [0.05, 0.1) is 24.1 Å². The van der Waals surface area contributed by atoms with Crippen molar-refractivity contribution in [3.63, 3.8) is 0 Å². The quantitative estimate of drug-likeness (QED) is 0.0749. The molecular weight excluding hydrogens is 793 g/mol. The molecule has 0 bridgehead atoms. The molecule has 8 aromatic rings. The zero-order valence-electron chi connectivity index (χ0n) is 35.9. The average Bonchev–Trinajstić information content (AvgIpc) is 3.32. The second-order valence-electron chi connectivity index (χ2n) is 16.2. The minimum Gasteiger partial charge on any atom is -0.457 e. The zero-order chi connectivity index (χ0) is 43.5. The van der Waals surface area contributed by atoms with Gasteiger partial charge in [-0.15, -0.1) is 0 Å². The summed E-state index contributed by atoms with van der Waals surface area (Å²) in [6, 6.07) is 69.9. The molecule has 8 aromatic carbocycles. The lowest BCUT2D eigenvalue weighted by Crippen LogP contribution is -2.18. The molecular formula is C56H50N4O2S. The molecule has 0 aliphatic rings. The number of nitrogens with one attached hydrogen (secondary N) is 2. The molecule has 2 N–H and O–H groups in total. The summed E-state index contributed by atoms with van der Waals surface area (Å²) < 4.78 is 12.5. The Labute approximate surface area is 375 Å². The fourth-order valence-electron chi connectivity index (χ4n) is 7.13. The van der Waals surface area contributed by atoms with Crippen molar-refractivity contribution >= 4 is 47.2 Å². The summed E-state index contributed by atoms with van der Waals surface area (Å²) >= 11 is 1.70. The molecule has 0 aliphatic heterocycles. The molecule has 6 nitrogen and oxygen atoms in total. The van der Waals surface area contributed by atoms with E-state index >= 15 is 0 Å². The van der Waals surface area contributed by atoms with Crippen molar-refractivity contribution in [3.05, 3.63) is 229 Å². The highest BCUT2D eigenvalue weighted by Crippen LogP contribution is 2.37. The normalized spacial score (nSPS) is 11.7. The van der Waals surface area contributed by atoms with Gasteiger partial charge in [0.15, 0.2) is 0 Å². The van der Waals surface area contributed by atoms with Crippen molar-refractivity contribution in [3.8, 4) is 23.0 Å². The van der Waals surface area contributed by atoms with E-state index < -0.39 is 0 Å². The lowest BCUT2D eigenvalue weighted by Gasteiger charge is -2.26. The van der Waals surface area contributed by atoms with Gasteiger partial charge < -0.3 is 20.1 Å². The highest BCUT2D eigenvalue weighted by molar-refractivity contribution is 7.99. The monoisotopic (exact) mass is 842 g/mol. The van der Waals surface area contributed by atoms with E-state index in [0.29, 0.717) is 0 Å². The van der Waals surface area contributed by atoms with Gasteiger partial charge in [0, 0.05) is 32.0 Å². The average molecular weight is 843 g/mol. The Morgan fingerprint density at radius 1 is 0.365 bits per heavy atom. The Morgan fingerprint density at radius 2 is 0.651 bits per heavy atom. The van der Waals surface area contributed by atoms with Crippen LogP contribution in [-0.2, 0) is 10.8 Å². The van der Waals surface area contributed by atoms with Crippen LogP contribution in [0.1, 0.15) is 49.9 Å². The number of aliphatic imine (C=N–C) groups is 2. The Kier molecular flexibility index (Phi) is 13.2. The maximum atomic E-state index is 6.24. The Hall–Kier alpha value is -7.35. The van der Waals surface area contributed by atoms with Crippen LogP contribution in [0.3, 0.4) is 0 Å². The number of hydrogen-bond donors (Lipinski definition) is 2. The highest BCUT2D eigenvalue weighted by atomic mass is 32.2. The summed E-state index contributed by atoms with van der Waals surface area (Å²) in [4.78, 5) is 11.4. The predicted octanol–water partition coefficient (Wildman–Crippen LogP) is 15.6. The maximum absolute atomic E-state index is 6.24. The van der Waals surface area contributed by atoms with Crippen LogP contribution >= 0.6 is 11.8 Å². The number of para-hydroxylation sites is 2. The highest BCUT2D eigenvalue weighted by Gasteiger charge is 2.24. The third-order valence-electron chi connectivity index (χ3n) is 11.1. The zero-order valence-corrected chi connectivity index (χ0v) is 36.7. The lowest BCUT2D eigenvalue weighted by molar-refractivity contribution is 0.481. The summed E-state index contributed by atoms with van der Waals surface area (Å²) in [6.45, 7) is 8.95. The van der Waals surface area contributed by atoms with E-state index in [4.69, 9.17) is 9.47 Å². The van der Waals surface area contributed by atoms with E-state index in [1.807, 2.05) is 109 Å². The summed E-state index contributed by atoms with van der Waals surface area (Å²) in [6.07, 6.45) is 3.45. The number of hydrogen-bond acceptors (Lipinski definition) is 5. The largest absolute Gasteiger partial charge is 0.457 e. The molecule has 0 radical (unpaired) electrons. The first kappa shape index (κ1) is 42.3. The molecule has 0 saturated carbocycles. The summed E-state index contributed by atoms with van der Waals surface area (Å²) in [5, 5.41) is 6.42. The van der Waals surface area contributed by atoms with Gasteiger partial charge in [-0.25, -0.2) is 9.98 Å². The maximum Gasteiger partial charge on any atom is 0.127 e. The molecule has 0 aromatic heterocycles. The molecule has 63 heavy (non-hydrogen) atoms. The molecule has 8 rings (SSSR count). The number of anilines is 2. The molecule has 0 heterocycles. The van der Waals surface area contributed by atoms with Crippen molar-refractivity contribution in [2.24, 2.45) is 9.98 Å². The molecule has 0 unspecified atom stereocenters. The SMILES string of the molecule is CC(C)(c1ccc(N=CNc2ccccc2)cc1)c1ccc(Oc2ccc(Sc3ccc(Oc4ccc(C(C)(C)c5ccc(N=CNc6ccccc6)cc5)cc4)cc3)cc2)cc1. The van der Waals surface area contributed by atoms with Crippen molar-refractivity contribution in [2.45, 2.75) is 48.3 Å². The third-order valence-corrected chi connectivity index (χ3v) is 12.1. The lowest BCUT2D eigenvalue weighted by atomic mass is 9.78. The molecule has 0 saturated heterocycles. The van der Waals surface area contributed by atoms with Gasteiger partial charge in [-0.05, 0) is 144 Å². The van der Waals surface area contributed by atoms with Crippen LogP contribution in [0.15, 0.2) is 226 Å². The second kappa shape index (κ2) is 19.6. The Balaban J connectivity index is 0.802. The van der Waals surface area contributed by atoms with Gasteiger partial charge in [-0.2, -0.15) is 0 Å². The minimum absolute atomic E-state index is 0.192. The van der Waals surface area contributed by atoms with Crippen molar-refractivity contribution in [2.75, 3.05) is 10.6 Å². The fraction of sp³-hybridized carbons (Fsp3) is 0.107. The molecule has 0 fully saturated rings. The van der Waals surface area contributed by atoms with Crippen LogP contribution in [0, 0.1) is 0 Å². The first-order valence-corrected chi connectivity index (χ1v) is 21.8. The number of nitrogens with zero attached hydrogens (tertiary/aromatic N) is 2. The standard InChI is InChI=1S/C56H50N4O2S/c1-55(2,41-15-23-47(24-16-41)59-39-57-45-11-7-5-8-12-45)43-19-27-49(28-20-43)61-51-31-35-53(36-32-51)63-54-37-33-52(34-38-54)62-50-29-21-44(22-30-50)56(3,4)42-17-25-48(26-18-42)60-40-58-46-13-9-6-10-14-46/h5-40H,1-4H3,(H,57,59)(H,58,60). The topological polar surface area (TPSA) is 67.2 Å². The van der Waals surface area contributed by atoms with Gasteiger partial charge >= 0.3 is 0 Å². The van der Waals surface area contributed by atoms with Gasteiger partial charge in [0.2, 0.25) is 0 Å². The molecule has 312 valence electrons. The minimum atomic E-state index is -0.192. The van der Waals surface area contributed by atoms with Crippen molar-refractivity contribution in [1.82, 2.24) is 0 Å². The van der Waals surface area contributed by atoms with E-state index in [2.05, 4.69) is 145 Å². The van der Waals surface area contributed by atoms with Crippen LogP contribution in [-0.4, -0.2) is 12.7 Å². The summed E-state index contributed by atoms with van der Waals surface area (Å²) in [5.74, 6) is 3.17. The van der Waals surface area contributed by atoms with Gasteiger partial charge in [-0.3, -0.25) is 0 Å². The van der Waals surface area contributed by atoms with E-state index in [9.17, 15) is 0 Å². The molecule has 0 atom stereocenters. The van der Waals surface area contributed by atoms with Crippen molar-refractivity contribution < 1.29 is 9.47 Å². The first-order valence-electron chi connectivity index (χ1n) is 21.0. The predicted molar refractivity (Wildman–Crippen MR) is 264 cm³/mol. The second-order valence-corrected chi connectivity index (χ2v) is 17.3. The van der Waals surface area contributed by atoms with Crippen molar-refractivity contribution in [1.29, 1.82) is 0 Å². The van der Waals surface area contributed by atoms with Gasteiger partial charge in [0.25, 0.3) is 0 Å². The fourth-order valence-corrected chi connectivity index (χ4v) is 7.95. The van der Waals surface area contributed by atoms with Gasteiger partial charge in [-0.1, -0.05) is 124 Å². The molecule has 7 heteroatoms. The van der Waals surface area contributed by atoms with Crippen LogP contribution in [0.5, 0.6) is 23.0 Å². The van der Waals surface area contributed by atoms with Crippen LogP contribution in [0.25, 0.3) is 0 Å². The first-order chi connectivity index (χ1) is 30.7. The van der Waals surface area contributed by atoms with E-state index in [1.165, 1.54) is 22.3 Å². The summed E-state index contributed by atoms with van der Waals surface area (Å²) in [7, 11) is 0. The summed E-state index contributed by atoms with van der Waals surface area (Å²) in [5.41, 5.74) is 8.25. The number of rotatable bonds is 16. The number of benzene rings is 8. The molecule has 0 spiro atoms. The number of ether oxygens (including phenoxy) is 2. The van der Waals surface area contributed by atoms with Crippen LogP contribution in [0.2, 0.25) is 0 Å². The van der Waals surface area contributed by atoms with Crippen LogP contribution < -0.4 is 20.1 Å². The van der Waals surface area contributed by atoms with E-state index in [1.54, 1.807) is 24.4 Å². The van der Waals surface area contributed by atoms with Gasteiger partial charge in [0.1, 0.15) is 23.0 Å². The van der Waals surface area contributed by atoms with E-state index in [-0.39, 0.29) is 10.8 Å². The molecule has 0 aliphatic carbocycles. The Bertz CT molecular complexity index is 2540. The smallest absolute Gasteiger partial charge is 0.127 e. The Morgan fingerprint density at radius 3 is 0.968 bits per heavy atom. The molecule has 0 amide bonds.